The maximum Gasteiger partial charge on any atom is 0.253 e. The van der Waals surface area contributed by atoms with E-state index in [2.05, 4.69) is 0 Å². The number of carbonyl (C=O) groups is 1. The molecule has 0 aliphatic rings. The van der Waals surface area contributed by atoms with Crippen LogP contribution in [0.25, 0.3) is 10.8 Å². The van der Waals surface area contributed by atoms with Gasteiger partial charge in [-0.2, -0.15) is 0 Å². The van der Waals surface area contributed by atoms with Crippen molar-refractivity contribution < 1.29 is 4.79 Å². The maximum absolute atomic E-state index is 12.6. The van der Waals surface area contributed by atoms with Crippen molar-refractivity contribution >= 4 is 28.3 Å². The van der Waals surface area contributed by atoms with E-state index in [4.69, 9.17) is 11.6 Å². The molecule has 0 heterocycles. The predicted octanol–water partition coefficient (Wildman–Crippen LogP) is 4.77. The Bertz CT molecular complexity index is 828. The van der Waals surface area contributed by atoms with Gasteiger partial charge < -0.3 is 4.90 Å². The average Bonchev–Trinajstić information content (AvgIpc) is 2.55. The number of hydrogen-bond acceptors (Lipinski definition) is 1. The first-order chi connectivity index (χ1) is 10.6. The Labute approximate surface area is 134 Å². The van der Waals surface area contributed by atoms with Crippen LogP contribution in [0.5, 0.6) is 0 Å². The molecule has 0 bridgehead atoms. The summed E-state index contributed by atoms with van der Waals surface area (Å²) in [7, 11) is 1.79. The molecule has 0 spiro atoms. The van der Waals surface area contributed by atoms with E-state index < -0.39 is 0 Å². The molecule has 0 aliphatic carbocycles. The van der Waals surface area contributed by atoms with E-state index in [0.29, 0.717) is 17.1 Å². The smallest absolute Gasteiger partial charge is 0.253 e. The largest absolute Gasteiger partial charge is 0.337 e. The zero-order valence-electron chi connectivity index (χ0n) is 12.3. The molecule has 0 N–H and O–H groups in total. The molecule has 3 aromatic carbocycles. The van der Waals surface area contributed by atoms with Crippen LogP contribution in [0.4, 0.5) is 0 Å². The summed E-state index contributed by atoms with van der Waals surface area (Å²) in [4.78, 5) is 14.3. The van der Waals surface area contributed by atoms with E-state index >= 15 is 0 Å². The first-order valence-electron chi connectivity index (χ1n) is 7.13. The lowest BCUT2D eigenvalue weighted by atomic mass is 10.1. The Hall–Kier alpha value is -2.32. The maximum atomic E-state index is 12.6. The van der Waals surface area contributed by atoms with E-state index in [1.807, 2.05) is 66.7 Å². The molecule has 1 amide bonds. The molecule has 0 saturated heterocycles. The van der Waals surface area contributed by atoms with Crippen LogP contribution in [0.1, 0.15) is 15.9 Å². The van der Waals surface area contributed by atoms with Gasteiger partial charge in [-0.1, -0.05) is 60.1 Å². The van der Waals surface area contributed by atoms with E-state index in [1.165, 1.54) is 0 Å². The predicted molar refractivity (Wildman–Crippen MR) is 91.2 cm³/mol. The summed E-state index contributed by atoms with van der Waals surface area (Å²) in [6.45, 7) is 0.491. The Morgan fingerprint density at radius 1 is 0.955 bits per heavy atom. The Balaban J connectivity index is 1.84. The number of carbonyl (C=O) groups excluding carboxylic acids is 1. The summed E-state index contributed by atoms with van der Waals surface area (Å²) >= 11 is 6.16. The van der Waals surface area contributed by atoms with Crippen molar-refractivity contribution in [2.24, 2.45) is 0 Å². The van der Waals surface area contributed by atoms with Crippen molar-refractivity contribution in [1.82, 2.24) is 4.90 Å². The number of rotatable bonds is 3. The summed E-state index contributed by atoms with van der Waals surface area (Å²) in [6, 6.07) is 21.4. The van der Waals surface area contributed by atoms with Crippen LogP contribution in [-0.2, 0) is 6.54 Å². The van der Waals surface area contributed by atoms with Crippen molar-refractivity contribution in [3.8, 4) is 0 Å². The van der Waals surface area contributed by atoms with Gasteiger partial charge in [0, 0.05) is 24.2 Å². The van der Waals surface area contributed by atoms with Gasteiger partial charge in [-0.15, -0.1) is 0 Å². The summed E-state index contributed by atoms with van der Waals surface area (Å²) in [6.07, 6.45) is 0. The summed E-state index contributed by atoms with van der Waals surface area (Å²) < 4.78 is 0. The number of benzene rings is 3. The lowest BCUT2D eigenvalue weighted by Gasteiger charge is -2.18. The number of fused-ring (bicyclic) bond motifs is 1. The van der Waals surface area contributed by atoms with Crippen LogP contribution < -0.4 is 0 Å². The SMILES string of the molecule is CN(Cc1ccccc1Cl)C(=O)c1ccc2ccccc2c1. The van der Waals surface area contributed by atoms with E-state index in [9.17, 15) is 4.79 Å². The number of hydrogen-bond donors (Lipinski definition) is 0. The minimum Gasteiger partial charge on any atom is -0.337 e. The zero-order chi connectivity index (χ0) is 15.5. The minimum atomic E-state index is -0.00864. The average molecular weight is 310 g/mol. The van der Waals surface area contributed by atoms with E-state index in [-0.39, 0.29) is 5.91 Å². The molecule has 0 fully saturated rings. The van der Waals surface area contributed by atoms with Crippen LogP contribution in [-0.4, -0.2) is 17.9 Å². The quantitative estimate of drug-likeness (QED) is 0.682. The highest BCUT2D eigenvalue weighted by molar-refractivity contribution is 6.31. The third kappa shape index (κ3) is 2.97. The topological polar surface area (TPSA) is 20.3 Å². The van der Waals surface area contributed by atoms with Crippen LogP contribution in [0.2, 0.25) is 5.02 Å². The van der Waals surface area contributed by atoms with Gasteiger partial charge in [0.25, 0.3) is 5.91 Å². The number of nitrogens with zero attached hydrogens (tertiary/aromatic N) is 1. The van der Waals surface area contributed by atoms with Crippen LogP contribution in [0.15, 0.2) is 66.7 Å². The van der Waals surface area contributed by atoms with Crippen LogP contribution >= 0.6 is 11.6 Å². The lowest BCUT2D eigenvalue weighted by Crippen LogP contribution is -2.26. The molecule has 0 radical (unpaired) electrons. The molecule has 22 heavy (non-hydrogen) atoms. The monoisotopic (exact) mass is 309 g/mol. The highest BCUT2D eigenvalue weighted by Crippen LogP contribution is 2.19. The van der Waals surface area contributed by atoms with E-state index in [1.54, 1.807) is 11.9 Å². The first-order valence-corrected chi connectivity index (χ1v) is 7.50. The Kier molecular flexibility index (Phi) is 4.12. The van der Waals surface area contributed by atoms with E-state index in [0.717, 1.165) is 16.3 Å². The molecule has 3 heteroatoms. The molecule has 2 nitrogen and oxygen atoms in total. The molecular weight excluding hydrogens is 294 g/mol. The van der Waals surface area contributed by atoms with Crippen LogP contribution in [0.3, 0.4) is 0 Å². The summed E-state index contributed by atoms with van der Waals surface area (Å²) in [5.74, 6) is -0.00864. The highest BCUT2D eigenvalue weighted by Gasteiger charge is 2.13. The summed E-state index contributed by atoms with van der Waals surface area (Å²) in [5.41, 5.74) is 1.63. The lowest BCUT2D eigenvalue weighted by molar-refractivity contribution is 0.0785. The molecule has 3 rings (SSSR count). The Morgan fingerprint density at radius 2 is 1.64 bits per heavy atom. The van der Waals surface area contributed by atoms with Crippen molar-refractivity contribution in [2.45, 2.75) is 6.54 Å². The highest BCUT2D eigenvalue weighted by atomic mass is 35.5. The van der Waals surface area contributed by atoms with Gasteiger partial charge in [0.05, 0.1) is 0 Å². The number of amides is 1. The van der Waals surface area contributed by atoms with Crippen molar-refractivity contribution in [3.63, 3.8) is 0 Å². The molecule has 0 atom stereocenters. The zero-order valence-corrected chi connectivity index (χ0v) is 13.0. The third-order valence-corrected chi connectivity index (χ3v) is 4.08. The fourth-order valence-electron chi connectivity index (χ4n) is 2.50. The summed E-state index contributed by atoms with van der Waals surface area (Å²) in [5, 5.41) is 2.88. The molecule has 0 aliphatic heterocycles. The number of halogens is 1. The molecule has 0 aromatic heterocycles. The van der Waals surface area contributed by atoms with Gasteiger partial charge in [0.2, 0.25) is 0 Å². The van der Waals surface area contributed by atoms with Gasteiger partial charge in [-0.25, -0.2) is 0 Å². The Morgan fingerprint density at radius 3 is 2.41 bits per heavy atom. The third-order valence-electron chi connectivity index (χ3n) is 3.71. The first kappa shape index (κ1) is 14.6. The second kappa shape index (κ2) is 6.20. The molecule has 0 unspecified atom stereocenters. The fourth-order valence-corrected chi connectivity index (χ4v) is 2.69. The van der Waals surface area contributed by atoms with Gasteiger partial charge in [0.1, 0.15) is 0 Å². The van der Waals surface area contributed by atoms with Crippen molar-refractivity contribution in [2.75, 3.05) is 7.05 Å². The van der Waals surface area contributed by atoms with Crippen LogP contribution in [0, 0.1) is 0 Å². The van der Waals surface area contributed by atoms with Gasteiger partial charge in [-0.05, 0) is 34.5 Å². The van der Waals surface area contributed by atoms with Gasteiger partial charge in [0.15, 0.2) is 0 Å². The molecule has 110 valence electrons. The standard InChI is InChI=1S/C19H16ClNO/c1-21(13-17-8-4-5-9-18(17)20)19(22)16-11-10-14-6-2-3-7-15(14)12-16/h2-12H,13H2,1H3. The molecule has 0 saturated carbocycles. The van der Waals surface area contributed by atoms with Crippen molar-refractivity contribution in [3.05, 3.63) is 82.9 Å². The second-order valence-electron chi connectivity index (χ2n) is 5.31. The second-order valence-corrected chi connectivity index (χ2v) is 5.72. The normalized spacial score (nSPS) is 10.6. The minimum absolute atomic E-state index is 0.00864. The van der Waals surface area contributed by atoms with Gasteiger partial charge in [-0.3, -0.25) is 4.79 Å². The van der Waals surface area contributed by atoms with Gasteiger partial charge >= 0.3 is 0 Å². The molecular formula is C19H16ClNO. The fraction of sp³-hybridized carbons (Fsp3) is 0.105. The molecule has 3 aromatic rings. The van der Waals surface area contributed by atoms with Crippen molar-refractivity contribution in [1.29, 1.82) is 0 Å².